The van der Waals surface area contributed by atoms with Crippen LogP contribution in [-0.4, -0.2) is 32.7 Å². The van der Waals surface area contributed by atoms with E-state index in [2.05, 4.69) is 9.30 Å². The summed E-state index contributed by atoms with van der Waals surface area (Å²) < 4.78 is 55.1. The normalized spacial score (nSPS) is 27.1. The first-order valence-corrected chi connectivity index (χ1v) is 10.0. The molecule has 1 saturated heterocycles. The maximum absolute atomic E-state index is 12.9. The largest absolute Gasteiger partial charge is 0.416 e. The summed E-state index contributed by atoms with van der Waals surface area (Å²) in [6.45, 7) is 7.88. The Morgan fingerprint density at radius 3 is 2.62 bits per heavy atom. The minimum absolute atomic E-state index is 0.284. The lowest BCUT2D eigenvalue weighted by Gasteiger charge is -2.18. The number of likely N-dealkylation sites (tertiary alicyclic amines) is 1. The summed E-state index contributed by atoms with van der Waals surface area (Å²) in [7, 11) is -1.25. The molecule has 2 aliphatic rings. The lowest BCUT2D eigenvalue weighted by atomic mass is 10.00. The number of nitrogens with zero attached hydrogens (tertiary/aromatic N) is 2. The predicted molar refractivity (Wildman–Crippen MR) is 98.3 cm³/mol. The molecule has 1 aromatic carbocycles. The average Bonchev–Trinajstić information content (AvgIpc) is 3.07. The van der Waals surface area contributed by atoms with Crippen molar-refractivity contribution in [2.75, 3.05) is 13.1 Å². The van der Waals surface area contributed by atoms with E-state index in [4.69, 9.17) is 0 Å². The maximum atomic E-state index is 12.9. The van der Waals surface area contributed by atoms with E-state index < -0.39 is 22.7 Å². The van der Waals surface area contributed by atoms with E-state index in [-0.39, 0.29) is 10.7 Å². The molecule has 0 radical (unpaired) electrons. The summed E-state index contributed by atoms with van der Waals surface area (Å²) in [6.07, 6.45) is -2.41. The number of halogens is 3. The highest BCUT2D eigenvalue weighted by Crippen LogP contribution is 2.38. The van der Waals surface area contributed by atoms with Gasteiger partial charge in [-0.25, -0.2) is 4.21 Å². The minimum atomic E-state index is -4.31. The van der Waals surface area contributed by atoms with Crippen LogP contribution in [0.3, 0.4) is 0 Å². The average molecular weight is 386 g/mol. The van der Waals surface area contributed by atoms with Crippen LogP contribution in [-0.2, 0) is 23.7 Å². The van der Waals surface area contributed by atoms with Gasteiger partial charge in [-0.1, -0.05) is 18.2 Å². The lowest BCUT2D eigenvalue weighted by Crippen LogP contribution is -2.25. The molecule has 144 valence electrons. The Kier molecular flexibility index (Phi) is 5.32. The Morgan fingerprint density at radius 2 is 1.96 bits per heavy atom. The molecule has 0 N–H and O–H groups in total. The van der Waals surface area contributed by atoms with Gasteiger partial charge in [-0.2, -0.15) is 17.6 Å². The van der Waals surface area contributed by atoms with E-state index in [1.807, 2.05) is 20.8 Å². The molecule has 1 aliphatic heterocycles. The van der Waals surface area contributed by atoms with Crippen molar-refractivity contribution < 1.29 is 17.4 Å². The third-order valence-corrected chi connectivity index (χ3v) is 6.55. The molecule has 26 heavy (non-hydrogen) atoms. The molecule has 1 aliphatic carbocycles. The Morgan fingerprint density at radius 1 is 1.23 bits per heavy atom. The van der Waals surface area contributed by atoms with Crippen molar-refractivity contribution in [3.05, 3.63) is 35.4 Å². The molecule has 7 heteroatoms. The summed E-state index contributed by atoms with van der Waals surface area (Å²) in [4.78, 5) is 2.19. The SMILES string of the molecule is CC(C)(C)S(=O)N=C1CC[C@H]2CN(Cc3cccc(C(F)(F)F)c3)C[C@@H]12. The third-order valence-electron chi connectivity index (χ3n) is 5.10. The van der Waals surface area contributed by atoms with Gasteiger partial charge in [-0.15, -0.1) is 0 Å². The van der Waals surface area contributed by atoms with Crippen molar-refractivity contribution in [2.45, 2.75) is 51.1 Å². The van der Waals surface area contributed by atoms with Crippen LogP contribution < -0.4 is 0 Å². The van der Waals surface area contributed by atoms with E-state index in [0.29, 0.717) is 18.0 Å². The Hall–Kier alpha value is -1.21. The van der Waals surface area contributed by atoms with Crippen molar-refractivity contribution in [3.63, 3.8) is 0 Å². The number of benzene rings is 1. The molecule has 3 atom stereocenters. The van der Waals surface area contributed by atoms with Gasteiger partial charge in [0.25, 0.3) is 0 Å². The fourth-order valence-electron chi connectivity index (χ4n) is 3.74. The van der Waals surface area contributed by atoms with Crippen molar-refractivity contribution in [2.24, 2.45) is 16.2 Å². The van der Waals surface area contributed by atoms with Gasteiger partial charge in [-0.05, 0) is 51.2 Å². The van der Waals surface area contributed by atoms with E-state index in [9.17, 15) is 17.4 Å². The second-order valence-corrected chi connectivity index (χ2v) is 10.1. The smallest absolute Gasteiger partial charge is 0.298 e. The van der Waals surface area contributed by atoms with Crippen LogP contribution in [0.15, 0.2) is 28.7 Å². The number of alkyl halides is 3. The Balaban J connectivity index is 1.68. The van der Waals surface area contributed by atoms with Crippen LogP contribution in [0.25, 0.3) is 0 Å². The van der Waals surface area contributed by atoms with Gasteiger partial charge in [-0.3, -0.25) is 4.90 Å². The van der Waals surface area contributed by atoms with Gasteiger partial charge < -0.3 is 0 Å². The van der Waals surface area contributed by atoms with Crippen LogP contribution in [0.5, 0.6) is 0 Å². The van der Waals surface area contributed by atoms with Gasteiger partial charge in [0.05, 0.1) is 10.3 Å². The zero-order valence-corrected chi connectivity index (χ0v) is 16.2. The summed E-state index contributed by atoms with van der Waals surface area (Å²) >= 11 is 0. The molecule has 1 aromatic rings. The van der Waals surface area contributed by atoms with Gasteiger partial charge in [0.1, 0.15) is 11.0 Å². The first kappa shape index (κ1) is 19.5. The fourth-order valence-corrected chi connectivity index (χ4v) is 4.45. The summed E-state index contributed by atoms with van der Waals surface area (Å²) in [5, 5.41) is 0. The zero-order valence-electron chi connectivity index (χ0n) is 15.3. The first-order valence-electron chi connectivity index (χ1n) is 8.92. The van der Waals surface area contributed by atoms with Crippen molar-refractivity contribution in [3.8, 4) is 0 Å². The van der Waals surface area contributed by atoms with Gasteiger partial charge >= 0.3 is 6.18 Å². The topological polar surface area (TPSA) is 32.7 Å². The molecular formula is C19H25F3N2OS. The molecule has 0 aromatic heterocycles. The van der Waals surface area contributed by atoms with Gasteiger partial charge in [0.2, 0.25) is 0 Å². The molecule has 0 spiro atoms. The highest BCUT2D eigenvalue weighted by atomic mass is 32.2. The second-order valence-electron chi connectivity index (χ2n) is 8.24. The van der Waals surface area contributed by atoms with Crippen molar-refractivity contribution in [1.82, 2.24) is 4.90 Å². The van der Waals surface area contributed by atoms with Gasteiger partial charge in [0.15, 0.2) is 0 Å². The van der Waals surface area contributed by atoms with Crippen LogP contribution in [0.1, 0.15) is 44.7 Å². The molecular weight excluding hydrogens is 361 g/mol. The van der Waals surface area contributed by atoms with Crippen molar-refractivity contribution in [1.29, 1.82) is 0 Å². The van der Waals surface area contributed by atoms with E-state index in [1.54, 1.807) is 6.07 Å². The van der Waals surface area contributed by atoms with E-state index in [0.717, 1.165) is 37.7 Å². The molecule has 1 unspecified atom stereocenters. The molecule has 0 amide bonds. The zero-order chi connectivity index (χ0) is 19.1. The Labute approximate surface area is 155 Å². The van der Waals surface area contributed by atoms with Crippen LogP contribution in [0.2, 0.25) is 0 Å². The highest BCUT2D eigenvalue weighted by molar-refractivity contribution is 7.85. The molecule has 3 nitrogen and oxygen atoms in total. The van der Waals surface area contributed by atoms with E-state index >= 15 is 0 Å². The molecule has 1 heterocycles. The van der Waals surface area contributed by atoms with Crippen molar-refractivity contribution >= 4 is 16.7 Å². The molecule has 1 saturated carbocycles. The lowest BCUT2D eigenvalue weighted by molar-refractivity contribution is -0.137. The summed E-state index contributed by atoms with van der Waals surface area (Å²) in [5.74, 6) is 0.753. The maximum Gasteiger partial charge on any atom is 0.416 e. The van der Waals surface area contributed by atoms with Crippen LogP contribution >= 0.6 is 0 Å². The second kappa shape index (κ2) is 7.08. The summed E-state index contributed by atoms with van der Waals surface area (Å²) in [6, 6.07) is 5.55. The van der Waals surface area contributed by atoms with Crippen LogP contribution in [0, 0.1) is 11.8 Å². The minimum Gasteiger partial charge on any atom is -0.298 e. The quantitative estimate of drug-likeness (QED) is 0.769. The molecule has 3 rings (SSSR count). The number of hydrogen-bond acceptors (Lipinski definition) is 2. The molecule has 0 bridgehead atoms. The number of rotatable bonds is 3. The third kappa shape index (κ3) is 4.36. The highest BCUT2D eigenvalue weighted by Gasteiger charge is 2.41. The fraction of sp³-hybridized carbons (Fsp3) is 0.632. The summed E-state index contributed by atoms with van der Waals surface area (Å²) in [5.41, 5.74) is 1.10. The van der Waals surface area contributed by atoms with Gasteiger partial charge in [0, 0.05) is 31.3 Å². The number of hydrogen-bond donors (Lipinski definition) is 0. The first-order chi connectivity index (χ1) is 12.0. The van der Waals surface area contributed by atoms with E-state index in [1.165, 1.54) is 12.1 Å². The predicted octanol–water partition coefficient (Wildman–Crippen LogP) is 4.45. The van der Waals surface area contributed by atoms with Crippen LogP contribution in [0.4, 0.5) is 13.2 Å². The Bertz CT molecular complexity index is 724. The standard InChI is InChI=1S/C19H25F3N2OS/c1-18(2,3)26(25)23-17-8-7-14-11-24(12-16(14)17)10-13-5-4-6-15(9-13)19(20,21)22/h4-6,9,14,16H,7-8,10-12H2,1-3H3/t14-,16+,26?/m0/s1. The molecule has 2 fully saturated rings. The number of fused-ring (bicyclic) bond motifs is 1. The monoisotopic (exact) mass is 386 g/mol.